The lowest BCUT2D eigenvalue weighted by Crippen LogP contribution is -2.44. The number of nitrogens with one attached hydrogen (secondary N) is 1. The van der Waals surface area contributed by atoms with Crippen LogP contribution in [0, 0.1) is 17.8 Å². The molecular weight excluding hydrogens is 306 g/mol. The number of nitrogens with zero attached hydrogens (tertiary/aromatic N) is 2. The highest BCUT2D eigenvalue weighted by atomic mass is 16.4. The van der Waals surface area contributed by atoms with Crippen LogP contribution in [0.1, 0.15) is 47.0 Å². The molecule has 0 saturated carbocycles. The molecule has 1 rings (SSSR count). The van der Waals surface area contributed by atoms with Gasteiger partial charge in [-0.05, 0) is 44.1 Å². The normalized spacial score (nSPS) is 19.2. The zero-order chi connectivity index (χ0) is 18.3. The summed E-state index contributed by atoms with van der Waals surface area (Å²) in [6.07, 6.45) is 2.68. The fourth-order valence-corrected chi connectivity index (χ4v) is 3.62. The number of carbonyl (C=O) groups is 2. The topological polar surface area (TPSA) is 72.9 Å². The molecule has 0 spiro atoms. The van der Waals surface area contributed by atoms with E-state index < -0.39 is 5.97 Å². The Morgan fingerprint density at radius 3 is 2.33 bits per heavy atom. The lowest BCUT2D eigenvalue weighted by molar-refractivity contribution is -0.138. The maximum Gasteiger partial charge on any atom is 0.317 e. The van der Waals surface area contributed by atoms with Crippen molar-refractivity contribution in [1.82, 2.24) is 15.1 Å². The van der Waals surface area contributed by atoms with E-state index in [-0.39, 0.29) is 18.6 Å². The molecule has 140 valence electrons. The quantitative estimate of drug-likeness (QED) is 0.746. The number of carboxylic acid groups (broad SMARTS) is 1. The van der Waals surface area contributed by atoms with E-state index in [1.165, 1.54) is 0 Å². The molecule has 1 unspecified atom stereocenters. The molecule has 1 aliphatic rings. The first kappa shape index (κ1) is 20.7. The third kappa shape index (κ3) is 6.67. The van der Waals surface area contributed by atoms with Gasteiger partial charge < -0.3 is 15.3 Å². The van der Waals surface area contributed by atoms with Crippen molar-refractivity contribution in [1.29, 1.82) is 0 Å². The Morgan fingerprint density at radius 1 is 1.17 bits per heavy atom. The highest BCUT2D eigenvalue weighted by molar-refractivity contribution is 5.74. The first-order valence-corrected chi connectivity index (χ1v) is 9.17. The van der Waals surface area contributed by atoms with Gasteiger partial charge in [0.2, 0.25) is 0 Å². The van der Waals surface area contributed by atoms with Gasteiger partial charge in [0.15, 0.2) is 0 Å². The number of hydrogen-bond donors (Lipinski definition) is 2. The fraction of sp³-hybridized carbons (Fsp3) is 0.889. The highest BCUT2D eigenvalue weighted by Gasteiger charge is 2.25. The molecule has 2 amide bonds. The minimum absolute atomic E-state index is 0.0165. The van der Waals surface area contributed by atoms with E-state index in [2.05, 4.69) is 33.0 Å². The van der Waals surface area contributed by atoms with Crippen molar-refractivity contribution < 1.29 is 14.7 Å². The zero-order valence-corrected chi connectivity index (χ0v) is 15.9. The minimum Gasteiger partial charge on any atom is -0.480 e. The molecule has 1 heterocycles. The summed E-state index contributed by atoms with van der Waals surface area (Å²) in [6.45, 7) is 11.0. The van der Waals surface area contributed by atoms with Gasteiger partial charge in [0.25, 0.3) is 0 Å². The lowest BCUT2D eigenvalue weighted by Gasteiger charge is -2.28. The average Bonchev–Trinajstić information content (AvgIpc) is 2.71. The average molecular weight is 341 g/mol. The number of likely N-dealkylation sites (N-methyl/N-ethyl adjacent to an activating group) is 1. The molecule has 1 saturated heterocycles. The van der Waals surface area contributed by atoms with Gasteiger partial charge in [-0.15, -0.1) is 0 Å². The van der Waals surface area contributed by atoms with Crippen molar-refractivity contribution in [2.45, 2.75) is 53.0 Å². The minimum atomic E-state index is -0.801. The molecule has 0 bridgehead atoms. The van der Waals surface area contributed by atoms with E-state index in [9.17, 15) is 9.59 Å². The van der Waals surface area contributed by atoms with Gasteiger partial charge in [-0.25, -0.2) is 4.79 Å². The van der Waals surface area contributed by atoms with E-state index in [4.69, 9.17) is 5.11 Å². The third-order valence-electron chi connectivity index (χ3n) is 5.19. The molecule has 0 aromatic rings. The van der Waals surface area contributed by atoms with Crippen LogP contribution in [0.5, 0.6) is 0 Å². The lowest BCUT2D eigenvalue weighted by atomic mass is 9.85. The summed E-state index contributed by atoms with van der Waals surface area (Å²) in [4.78, 5) is 27.1. The summed E-state index contributed by atoms with van der Waals surface area (Å²) in [7, 11) is 1.85. The van der Waals surface area contributed by atoms with Crippen molar-refractivity contribution in [2.24, 2.45) is 17.8 Å². The van der Waals surface area contributed by atoms with E-state index in [0.717, 1.165) is 25.8 Å². The van der Waals surface area contributed by atoms with E-state index in [1.54, 1.807) is 0 Å². The number of aliphatic carboxylic acids is 1. The summed E-state index contributed by atoms with van der Waals surface area (Å²) in [5.41, 5.74) is 0. The largest absolute Gasteiger partial charge is 0.480 e. The molecule has 1 aliphatic heterocycles. The fourth-order valence-electron chi connectivity index (χ4n) is 3.62. The molecule has 0 radical (unpaired) electrons. The summed E-state index contributed by atoms with van der Waals surface area (Å²) in [5.74, 6) is 0.770. The monoisotopic (exact) mass is 341 g/mol. The summed E-state index contributed by atoms with van der Waals surface area (Å²) in [5, 5.41) is 12.0. The Hall–Kier alpha value is -1.30. The van der Waals surface area contributed by atoms with Crippen molar-refractivity contribution >= 4 is 12.0 Å². The summed E-state index contributed by atoms with van der Waals surface area (Å²) >= 11 is 0. The van der Waals surface area contributed by atoms with Crippen LogP contribution in [-0.2, 0) is 4.79 Å². The van der Waals surface area contributed by atoms with Gasteiger partial charge in [0, 0.05) is 25.7 Å². The molecule has 24 heavy (non-hydrogen) atoms. The summed E-state index contributed by atoms with van der Waals surface area (Å²) in [6, 6.07) is 0.251. The van der Waals surface area contributed by atoms with Crippen molar-refractivity contribution in [3.8, 4) is 0 Å². The first-order chi connectivity index (χ1) is 11.2. The van der Waals surface area contributed by atoms with Crippen molar-refractivity contribution in [2.75, 3.05) is 33.2 Å². The molecule has 1 fully saturated rings. The van der Waals surface area contributed by atoms with Gasteiger partial charge in [0.05, 0.1) is 6.54 Å². The maximum absolute atomic E-state index is 12.5. The van der Waals surface area contributed by atoms with Crippen molar-refractivity contribution in [3.05, 3.63) is 0 Å². The van der Waals surface area contributed by atoms with Crippen LogP contribution in [0.2, 0.25) is 0 Å². The van der Waals surface area contributed by atoms with Crippen LogP contribution in [0.3, 0.4) is 0 Å². The second kappa shape index (κ2) is 9.87. The van der Waals surface area contributed by atoms with Crippen LogP contribution in [0.25, 0.3) is 0 Å². The molecule has 0 aliphatic carbocycles. The van der Waals surface area contributed by atoms with E-state index in [0.29, 0.717) is 30.8 Å². The Kier molecular flexibility index (Phi) is 8.53. The van der Waals surface area contributed by atoms with Gasteiger partial charge >= 0.3 is 12.0 Å². The van der Waals surface area contributed by atoms with Crippen molar-refractivity contribution in [3.63, 3.8) is 0 Å². The molecule has 6 nitrogen and oxygen atoms in total. The Bertz CT molecular complexity index is 404. The Labute approximate surface area is 146 Å². The van der Waals surface area contributed by atoms with Gasteiger partial charge in [-0.3, -0.25) is 9.69 Å². The first-order valence-electron chi connectivity index (χ1n) is 9.17. The second-order valence-corrected chi connectivity index (χ2v) is 7.72. The Morgan fingerprint density at radius 2 is 1.79 bits per heavy atom. The van der Waals surface area contributed by atoms with E-state index >= 15 is 0 Å². The molecule has 6 heteroatoms. The number of carbonyl (C=O) groups excluding carboxylic acids is 1. The number of urea groups is 1. The Balaban J connectivity index is 2.48. The predicted octanol–water partition coefficient (Wildman–Crippen LogP) is 2.50. The van der Waals surface area contributed by atoms with E-state index in [1.807, 2.05) is 16.8 Å². The summed E-state index contributed by atoms with van der Waals surface area (Å²) < 4.78 is 0. The number of carboxylic acids is 1. The maximum atomic E-state index is 12.5. The second-order valence-electron chi connectivity index (χ2n) is 7.72. The van der Waals surface area contributed by atoms with Gasteiger partial charge in [0.1, 0.15) is 0 Å². The standard InChI is InChI=1S/C18H35N3O3/c1-13(2)16(14(3)4)11-19-18(24)21-9-6-7-15(8-10-21)20(5)12-17(22)23/h13-16H,6-12H2,1-5H3,(H,19,24)(H,22,23). The molecule has 0 aromatic carbocycles. The molecular formula is C18H35N3O3. The molecule has 1 atom stereocenters. The molecule has 0 aromatic heterocycles. The smallest absolute Gasteiger partial charge is 0.317 e. The number of amides is 2. The van der Waals surface area contributed by atoms with Crippen LogP contribution in [0.15, 0.2) is 0 Å². The number of likely N-dealkylation sites (tertiary alicyclic amines) is 1. The van der Waals surface area contributed by atoms with Gasteiger partial charge in [-0.1, -0.05) is 27.7 Å². The zero-order valence-electron chi connectivity index (χ0n) is 15.9. The van der Waals surface area contributed by atoms with Crippen LogP contribution >= 0.6 is 0 Å². The SMILES string of the molecule is CC(C)C(CNC(=O)N1CCCC(N(C)CC(=O)O)CC1)C(C)C. The number of hydrogen-bond acceptors (Lipinski definition) is 3. The highest BCUT2D eigenvalue weighted by Crippen LogP contribution is 2.20. The van der Waals surface area contributed by atoms with Crippen LogP contribution in [-0.4, -0.2) is 66.2 Å². The predicted molar refractivity (Wildman–Crippen MR) is 96.0 cm³/mol. The molecule has 2 N–H and O–H groups in total. The third-order valence-corrected chi connectivity index (χ3v) is 5.19. The van der Waals surface area contributed by atoms with Crippen LogP contribution < -0.4 is 5.32 Å². The number of rotatable bonds is 7. The van der Waals surface area contributed by atoms with Gasteiger partial charge in [-0.2, -0.15) is 0 Å². The van der Waals surface area contributed by atoms with Crippen LogP contribution in [0.4, 0.5) is 4.79 Å².